The number of aliphatic imine (C=N–C) groups is 1. The Hall–Kier alpha value is -1.88. The van der Waals surface area contributed by atoms with E-state index >= 15 is 0 Å². The van der Waals surface area contributed by atoms with E-state index in [1.54, 1.807) is 24.2 Å². The maximum absolute atomic E-state index is 4.58. The normalized spacial score (nSPS) is 19.7. The summed E-state index contributed by atoms with van der Waals surface area (Å²) in [5.74, 6) is 1.06. The van der Waals surface area contributed by atoms with Crippen molar-refractivity contribution in [1.82, 2.24) is 15.3 Å². The van der Waals surface area contributed by atoms with Crippen LogP contribution in [0.15, 0.2) is 47.7 Å². The highest BCUT2D eigenvalue weighted by atomic mass is 32.2. The topological polar surface area (TPSA) is 50.2 Å². The second-order valence-electron chi connectivity index (χ2n) is 5.11. The third-order valence-electron chi connectivity index (χ3n) is 3.29. The molecule has 2 heterocycles. The number of aromatic nitrogens is 2. The minimum absolute atomic E-state index is 0.459. The van der Waals surface area contributed by atoms with E-state index in [-0.39, 0.29) is 0 Å². The summed E-state index contributed by atoms with van der Waals surface area (Å²) in [7, 11) is 0. The van der Waals surface area contributed by atoms with Crippen molar-refractivity contribution in [1.29, 1.82) is 0 Å². The fourth-order valence-corrected chi connectivity index (χ4v) is 3.16. The number of nitrogens with zero attached hydrogens (tertiary/aromatic N) is 3. The van der Waals surface area contributed by atoms with Crippen molar-refractivity contribution in [3.63, 3.8) is 0 Å². The number of hydrogen-bond donors (Lipinski definition) is 1. The molecule has 4 nitrogen and oxygen atoms in total. The Kier molecular flexibility index (Phi) is 4.50. The van der Waals surface area contributed by atoms with Gasteiger partial charge in [0.1, 0.15) is 0 Å². The SMILES string of the molecule is Cc1cnc(CN=C2NC(Cc3ccccc3)CS2)cn1. The molecule has 21 heavy (non-hydrogen) atoms. The van der Waals surface area contributed by atoms with Gasteiger partial charge in [-0.1, -0.05) is 42.1 Å². The molecule has 1 unspecified atom stereocenters. The summed E-state index contributed by atoms with van der Waals surface area (Å²) in [6.45, 7) is 2.52. The van der Waals surface area contributed by atoms with Gasteiger partial charge in [-0.15, -0.1) is 0 Å². The number of amidine groups is 1. The van der Waals surface area contributed by atoms with E-state index in [0.29, 0.717) is 12.6 Å². The molecule has 0 radical (unpaired) electrons. The van der Waals surface area contributed by atoms with E-state index in [2.05, 4.69) is 50.6 Å². The lowest BCUT2D eigenvalue weighted by Crippen LogP contribution is -2.29. The predicted molar refractivity (Wildman–Crippen MR) is 87.4 cm³/mol. The molecule has 1 N–H and O–H groups in total. The zero-order chi connectivity index (χ0) is 14.5. The average Bonchev–Trinajstić information content (AvgIpc) is 2.95. The molecule has 108 valence electrons. The molecule has 0 spiro atoms. The summed E-state index contributed by atoms with van der Waals surface area (Å²) < 4.78 is 0. The van der Waals surface area contributed by atoms with Crippen LogP contribution in [0.5, 0.6) is 0 Å². The van der Waals surface area contributed by atoms with Crippen LogP contribution in [0.3, 0.4) is 0 Å². The molecule has 0 amide bonds. The Bertz CT molecular complexity index is 610. The van der Waals surface area contributed by atoms with Crippen LogP contribution >= 0.6 is 11.8 Å². The molecule has 1 atom stereocenters. The standard InChI is InChI=1S/C16H18N4S/c1-12-8-18-15(9-17-12)10-19-16-20-14(11-21-16)7-13-5-3-2-4-6-13/h2-6,8-9,14H,7,10-11H2,1H3,(H,19,20). The Labute approximate surface area is 129 Å². The molecule has 2 aromatic rings. The number of aryl methyl sites for hydroxylation is 1. The van der Waals surface area contributed by atoms with Crippen molar-refractivity contribution in [2.45, 2.75) is 25.9 Å². The highest BCUT2D eigenvalue weighted by Gasteiger charge is 2.20. The van der Waals surface area contributed by atoms with Gasteiger partial charge in [0.2, 0.25) is 0 Å². The smallest absolute Gasteiger partial charge is 0.157 e. The molecule has 1 saturated heterocycles. The molecule has 1 aliphatic rings. The average molecular weight is 298 g/mol. The zero-order valence-corrected chi connectivity index (χ0v) is 12.8. The molecule has 1 aromatic heterocycles. The van der Waals surface area contributed by atoms with E-state index in [1.165, 1.54) is 5.56 Å². The molecule has 0 bridgehead atoms. The van der Waals surface area contributed by atoms with Gasteiger partial charge in [0, 0.05) is 18.0 Å². The Morgan fingerprint density at radius 1 is 1.24 bits per heavy atom. The minimum atomic E-state index is 0.459. The van der Waals surface area contributed by atoms with Gasteiger partial charge in [0.15, 0.2) is 5.17 Å². The highest BCUT2D eigenvalue weighted by Crippen LogP contribution is 2.17. The second kappa shape index (κ2) is 6.72. The van der Waals surface area contributed by atoms with E-state index in [9.17, 15) is 0 Å². The molecule has 0 aliphatic carbocycles. The summed E-state index contributed by atoms with van der Waals surface area (Å²) in [5.41, 5.74) is 3.20. The summed E-state index contributed by atoms with van der Waals surface area (Å²) in [4.78, 5) is 13.1. The van der Waals surface area contributed by atoms with E-state index < -0.39 is 0 Å². The van der Waals surface area contributed by atoms with Gasteiger partial charge in [-0.2, -0.15) is 0 Å². The Morgan fingerprint density at radius 3 is 2.86 bits per heavy atom. The zero-order valence-electron chi connectivity index (χ0n) is 12.0. The van der Waals surface area contributed by atoms with Gasteiger partial charge < -0.3 is 5.32 Å². The highest BCUT2D eigenvalue weighted by molar-refractivity contribution is 8.14. The van der Waals surface area contributed by atoms with Crippen molar-refractivity contribution in [3.8, 4) is 0 Å². The molecular formula is C16H18N4S. The first-order valence-electron chi connectivity index (χ1n) is 7.05. The van der Waals surface area contributed by atoms with Crippen LogP contribution in [-0.4, -0.2) is 26.9 Å². The maximum atomic E-state index is 4.58. The first-order valence-corrected chi connectivity index (χ1v) is 8.03. The summed E-state index contributed by atoms with van der Waals surface area (Å²) in [6, 6.07) is 11.0. The predicted octanol–water partition coefficient (Wildman–Crippen LogP) is 2.59. The summed E-state index contributed by atoms with van der Waals surface area (Å²) in [6.07, 6.45) is 4.61. The molecule has 0 saturated carbocycles. The first kappa shape index (κ1) is 14.1. The van der Waals surface area contributed by atoms with E-state index in [1.807, 2.05) is 6.92 Å². The van der Waals surface area contributed by atoms with Crippen LogP contribution in [0, 0.1) is 6.92 Å². The number of rotatable bonds is 4. The molecule has 1 aromatic carbocycles. The van der Waals surface area contributed by atoms with Crippen LogP contribution < -0.4 is 5.32 Å². The van der Waals surface area contributed by atoms with Crippen LogP contribution in [0.2, 0.25) is 0 Å². The van der Waals surface area contributed by atoms with Gasteiger partial charge in [-0.05, 0) is 18.9 Å². The molecule has 5 heteroatoms. The number of hydrogen-bond acceptors (Lipinski definition) is 4. The number of thioether (sulfide) groups is 1. The Balaban J connectivity index is 1.54. The van der Waals surface area contributed by atoms with Crippen molar-refractivity contribution in [2.75, 3.05) is 5.75 Å². The van der Waals surface area contributed by atoms with Crippen LogP contribution in [-0.2, 0) is 13.0 Å². The maximum Gasteiger partial charge on any atom is 0.157 e. The van der Waals surface area contributed by atoms with Gasteiger partial charge in [0.05, 0.1) is 24.1 Å². The fraction of sp³-hybridized carbons (Fsp3) is 0.312. The Morgan fingerprint density at radius 2 is 2.10 bits per heavy atom. The summed E-state index contributed by atoms with van der Waals surface area (Å²) in [5, 5.41) is 4.50. The largest absolute Gasteiger partial charge is 0.361 e. The monoisotopic (exact) mass is 298 g/mol. The van der Waals surface area contributed by atoms with Crippen LogP contribution in [0.1, 0.15) is 17.0 Å². The van der Waals surface area contributed by atoms with Gasteiger partial charge in [0.25, 0.3) is 0 Å². The van der Waals surface area contributed by atoms with Crippen molar-refractivity contribution in [3.05, 3.63) is 59.7 Å². The summed E-state index contributed by atoms with van der Waals surface area (Å²) >= 11 is 1.78. The lowest BCUT2D eigenvalue weighted by molar-refractivity contribution is 0.686. The van der Waals surface area contributed by atoms with E-state index in [0.717, 1.165) is 28.7 Å². The van der Waals surface area contributed by atoms with Crippen LogP contribution in [0.4, 0.5) is 0 Å². The van der Waals surface area contributed by atoms with Gasteiger partial charge in [-0.25, -0.2) is 0 Å². The second-order valence-corrected chi connectivity index (χ2v) is 6.12. The minimum Gasteiger partial charge on any atom is -0.361 e. The van der Waals surface area contributed by atoms with Crippen LogP contribution in [0.25, 0.3) is 0 Å². The van der Waals surface area contributed by atoms with Gasteiger partial charge >= 0.3 is 0 Å². The fourth-order valence-electron chi connectivity index (χ4n) is 2.19. The number of nitrogens with one attached hydrogen (secondary N) is 1. The lowest BCUT2D eigenvalue weighted by Gasteiger charge is -2.09. The molecule has 1 aliphatic heterocycles. The first-order chi connectivity index (χ1) is 10.3. The van der Waals surface area contributed by atoms with E-state index in [4.69, 9.17) is 0 Å². The third kappa shape index (κ3) is 4.04. The third-order valence-corrected chi connectivity index (χ3v) is 4.38. The molecule has 3 rings (SSSR count). The molecule has 1 fully saturated rings. The lowest BCUT2D eigenvalue weighted by atomic mass is 10.1. The van der Waals surface area contributed by atoms with Crippen molar-refractivity contribution in [2.24, 2.45) is 4.99 Å². The van der Waals surface area contributed by atoms with Crippen molar-refractivity contribution < 1.29 is 0 Å². The molecular weight excluding hydrogens is 280 g/mol. The van der Waals surface area contributed by atoms with Crippen molar-refractivity contribution >= 4 is 16.9 Å². The number of benzene rings is 1. The quantitative estimate of drug-likeness (QED) is 0.942. The van der Waals surface area contributed by atoms with Gasteiger partial charge in [-0.3, -0.25) is 15.0 Å².